The van der Waals surface area contributed by atoms with E-state index in [0.29, 0.717) is 6.42 Å². The van der Waals surface area contributed by atoms with Crippen molar-refractivity contribution in [2.24, 2.45) is 5.92 Å². The van der Waals surface area contributed by atoms with E-state index >= 15 is 0 Å². The summed E-state index contributed by atoms with van der Waals surface area (Å²) in [6.45, 7) is 0. The maximum atomic E-state index is 10.9. The monoisotopic (exact) mass is 206 g/mol. The van der Waals surface area contributed by atoms with Gasteiger partial charge in [-0.05, 0) is 12.8 Å². The van der Waals surface area contributed by atoms with Crippen LogP contribution in [0.5, 0.6) is 0 Å². The molecule has 15 heavy (non-hydrogen) atoms. The summed E-state index contributed by atoms with van der Waals surface area (Å²) in [5.41, 5.74) is 0.228. The molecule has 1 aliphatic rings. The number of aliphatic carboxylic acids is 1. The molecule has 0 amide bonds. The molecule has 2 unspecified atom stereocenters. The van der Waals surface area contributed by atoms with Gasteiger partial charge in [0, 0.05) is 0 Å². The molecule has 1 aromatic rings. The lowest BCUT2D eigenvalue weighted by molar-refractivity contribution is -0.142. The average Bonchev–Trinajstić information content (AvgIpc) is 2.85. The van der Waals surface area contributed by atoms with Crippen molar-refractivity contribution in [2.75, 3.05) is 0 Å². The van der Waals surface area contributed by atoms with E-state index in [2.05, 4.69) is 10.2 Å². The minimum atomic E-state index is -0.812. The van der Waals surface area contributed by atoms with Gasteiger partial charge in [0.05, 0.1) is 18.2 Å². The molecule has 1 fully saturated rings. The van der Waals surface area contributed by atoms with Crippen LogP contribution in [-0.2, 0) is 4.79 Å². The van der Waals surface area contributed by atoms with Gasteiger partial charge in [0.2, 0.25) is 0 Å². The molecular formula is C9H10N4O2. The van der Waals surface area contributed by atoms with Crippen molar-refractivity contribution in [3.8, 4) is 6.07 Å². The molecule has 2 atom stereocenters. The van der Waals surface area contributed by atoms with Crippen LogP contribution in [0.3, 0.4) is 0 Å². The Morgan fingerprint density at radius 3 is 3.07 bits per heavy atom. The fraction of sp³-hybridized carbons (Fsp3) is 0.556. The molecule has 78 valence electrons. The number of hydrogen-bond donors (Lipinski definition) is 1. The van der Waals surface area contributed by atoms with Crippen LogP contribution < -0.4 is 0 Å². The lowest BCUT2D eigenvalue weighted by Gasteiger charge is -2.13. The molecule has 1 aliphatic carbocycles. The zero-order valence-electron chi connectivity index (χ0n) is 8.00. The average molecular weight is 206 g/mol. The first-order valence-corrected chi connectivity index (χ1v) is 4.77. The number of nitriles is 1. The minimum Gasteiger partial charge on any atom is -0.481 e. The standard InChI is InChI=1S/C9H10N4O2/c10-4-6-5-11-13(12-6)8-3-1-2-7(8)9(14)15/h5,7-8H,1-3H2,(H,14,15). The van der Waals surface area contributed by atoms with Crippen LogP contribution in [0.15, 0.2) is 6.20 Å². The summed E-state index contributed by atoms with van der Waals surface area (Å²) in [5.74, 6) is -1.24. The highest BCUT2D eigenvalue weighted by Crippen LogP contribution is 2.34. The van der Waals surface area contributed by atoms with Crippen LogP contribution in [0, 0.1) is 17.2 Å². The lowest BCUT2D eigenvalue weighted by Crippen LogP contribution is -2.23. The number of rotatable bonds is 2. The summed E-state index contributed by atoms with van der Waals surface area (Å²) in [6.07, 6.45) is 3.64. The van der Waals surface area contributed by atoms with Crippen molar-refractivity contribution in [3.05, 3.63) is 11.9 Å². The molecular weight excluding hydrogens is 196 g/mol. The molecule has 1 saturated carbocycles. The topological polar surface area (TPSA) is 91.8 Å². The van der Waals surface area contributed by atoms with E-state index in [1.54, 1.807) is 0 Å². The summed E-state index contributed by atoms with van der Waals surface area (Å²) in [4.78, 5) is 12.3. The maximum absolute atomic E-state index is 10.9. The highest BCUT2D eigenvalue weighted by atomic mass is 16.4. The molecule has 0 saturated heterocycles. The van der Waals surface area contributed by atoms with Crippen LogP contribution in [0.25, 0.3) is 0 Å². The van der Waals surface area contributed by atoms with Crippen LogP contribution in [0.4, 0.5) is 0 Å². The van der Waals surface area contributed by atoms with E-state index in [1.165, 1.54) is 11.0 Å². The van der Waals surface area contributed by atoms with E-state index in [-0.39, 0.29) is 11.7 Å². The van der Waals surface area contributed by atoms with Gasteiger partial charge in [0.1, 0.15) is 6.07 Å². The molecule has 0 aromatic carbocycles. The van der Waals surface area contributed by atoms with Gasteiger partial charge in [-0.15, -0.1) is 5.10 Å². The second-order valence-corrected chi connectivity index (χ2v) is 3.60. The van der Waals surface area contributed by atoms with E-state index < -0.39 is 11.9 Å². The summed E-state index contributed by atoms with van der Waals surface area (Å²) in [7, 11) is 0. The van der Waals surface area contributed by atoms with E-state index in [4.69, 9.17) is 10.4 Å². The van der Waals surface area contributed by atoms with Crippen molar-refractivity contribution in [3.63, 3.8) is 0 Å². The van der Waals surface area contributed by atoms with Crippen LogP contribution in [0.1, 0.15) is 31.0 Å². The molecule has 0 bridgehead atoms. The van der Waals surface area contributed by atoms with E-state index in [0.717, 1.165) is 12.8 Å². The second-order valence-electron chi connectivity index (χ2n) is 3.60. The highest BCUT2D eigenvalue weighted by molar-refractivity contribution is 5.70. The van der Waals surface area contributed by atoms with E-state index in [1.807, 2.05) is 6.07 Å². The number of carboxylic acids is 1. The number of nitrogens with zero attached hydrogens (tertiary/aromatic N) is 4. The molecule has 1 heterocycles. The Kier molecular flexibility index (Phi) is 2.37. The van der Waals surface area contributed by atoms with Crippen molar-refractivity contribution in [1.29, 1.82) is 5.26 Å². The number of aromatic nitrogens is 3. The Morgan fingerprint density at radius 1 is 1.67 bits per heavy atom. The first-order chi connectivity index (χ1) is 7.22. The lowest BCUT2D eigenvalue weighted by atomic mass is 10.1. The van der Waals surface area contributed by atoms with Gasteiger partial charge in [-0.3, -0.25) is 4.79 Å². The first-order valence-electron chi connectivity index (χ1n) is 4.77. The minimum absolute atomic E-state index is 0.204. The zero-order chi connectivity index (χ0) is 10.8. The predicted octanol–water partition coefficient (Wildman–Crippen LogP) is 0.576. The molecule has 1 aromatic heterocycles. The molecule has 2 rings (SSSR count). The summed E-state index contributed by atoms with van der Waals surface area (Å²) >= 11 is 0. The van der Waals surface area contributed by atoms with Gasteiger partial charge >= 0.3 is 5.97 Å². The molecule has 1 N–H and O–H groups in total. The van der Waals surface area contributed by atoms with Crippen molar-refractivity contribution in [2.45, 2.75) is 25.3 Å². The summed E-state index contributed by atoms with van der Waals surface area (Å²) in [5, 5.41) is 25.4. The first kappa shape index (κ1) is 9.65. The second kappa shape index (κ2) is 3.69. The van der Waals surface area contributed by atoms with Crippen molar-refractivity contribution in [1.82, 2.24) is 15.0 Å². The maximum Gasteiger partial charge on any atom is 0.308 e. The van der Waals surface area contributed by atoms with Crippen LogP contribution >= 0.6 is 0 Å². The van der Waals surface area contributed by atoms with Crippen LogP contribution in [-0.4, -0.2) is 26.1 Å². The normalized spacial score (nSPS) is 25.0. The Hall–Kier alpha value is -1.90. The molecule has 0 spiro atoms. The Bertz CT molecular complexity index is 420. The van der Waals surface area contributed by atoms with Crippen molar-refractivity contribution >= 4 is 5.97 Å². The van der Waals surface area contributed by atoms with Gasteiger partial charge in [-0.25, -0.2) is 0 Å². The van der Waals surface area contributed by atoms with Crippen molar-refractivity contribution < 1.29 is 9.90 Å². The summed E-state index contributed by atoms with van der Waals surface area (Å²) in [6, 6.07) is 1.67. The third kappa shape index (κ3) is 1.68. The Morgan fingerprint density at radius 2 is 2.47 bits per heavy atom. The largest absolute Gasteiger partial charge is 0.481 e. The molecule has 0 radical (unpaired) electrons. The molecule has 6 nitrogen and oxygen atoms in total. The highest BCUT2D eigenvalue weighted by Gasteiger charge is 2.35. The molecule has 0 aliphatic heterocycles. The predicted molar refractivity (Wildman–Crippen MR) is 48.8 cm³/mol. The van der Waals surface area contributed by atoms with E-state index in [9.17, 15) is 4.79 Å². The van der Waals surface area contributed by atoms with Gasteiger partial charge in [0.15, 0.2) is 5.69 Å². The van der Waals surface area contributed by atoms with Gasteiger partial charge < -0.3 is 5.11 Å². The third-order valence-corrected chi connectivity index (χ3v) is 2.72. The fourth-order valence-corrected chi connectivity index (χ4v) is 1.99. The number of carbonyl (C=O) groups is 1. The zero-order valence-corrected chi connectivity index (χ0v) is 8.00. The third-order valence-electron chi connectivity index (χ3n) is 2.72. The van der Waals surface area contributed by atoms with Crippen LogP contribution in [0.2, 0.25) is 0 Å². The smallest absolute Gasteiger partial charge is 0.308 e. The Balaban J connectivity index is 2.23. The number of carboxylic acid groups (broad SMARTS) is 1. The SMILES string of the molecule is N#Cc1cnn(C2CCCC2C(=O)O)n1. The Labute approximate surface area is 86.1 Å². The quantitative estimate of drug-likeness (QED) is 0.763. The molecule has 6 heteroatoms. The fourth-order valence-electron chi connectivity index (χ4n) is 1.99. The summed E-state index contributed by atoms with van der Waals surface area (Å²) < 4.78 is 0. The number of hydrogen-bond acceptors (Lipinski definition) is 4. The van der Waals surface area contributed by atoms with Gasteiger partial charge in [0.25, 0.3) is 0 Å². The van der Waals surface area contributed by atoms with Gasteiger partial charge in [-0.1, -0.05) is 6.42 Å². The van der Waals surface area contributed by atoms with Gasteiger partial charge in [-0.2, -0.15) is 15.2 Å².